The number of hydrogen-bond donors (Lipinski definition) is 0. The number of Topliss-reactive ketones (excluding diaryl/α,β-unsaturated/α-hetero) is 1. The van der Waals surface area contributed by atoms with Gasteiger partial charge < -0.3 is 0 Å². The van der Waals surface area contributed by atoms with E-state index in [0.29, 0.717) is 6.54 Å². The highest BCUT2D eigenvalue weighted by molar-refractivity contribution is 7.14. The van der Waals surface area contributed by atoms with Gasteiger partial charge in [0.05, 0.1) is 11.4 Å². The molecule has 0 aliphatic rings. The van der Waals surface area contributed by atoms with Crippen LogP contribution in [0.15, 0.2) is 36.4 Å². The van der Waals surface area contributed by atoms with Gasteiger partial charge >= 0.3 is 0 Å². The highest BCUT2D eigenvalue weighted by Crippen LogP contribution is 2.16. The topological polar surface area (TPSA) is 20.3 Å². The van der Waals surface area contributed by atoms with Gasteiger partial charge in [-0.05, 0) is 43.8 Å². The van der Waals surface area contributed by atoms with Crippen LogP contribution in [0.5, 0.6) is 0 Å². The molecule has 1 aromatic carbocycles. The Morgan fingerprint density at radius 3 is 2.47 bits per heavy atom. The molecule has 2 rings (SSSR count). The molecule has 0 saturated carbocycles. The molecule has 1 heterocycles. The standard InChI is InChI=1S/C15H16ClNOS/c1-11-3-8-15(19-11)14(18)10-17(2)9-12-4-6-13(16)7-5-12/h3-8H,9-10H2,1-2H3. The summed E-state index contributed by atoms with van der Waals surface area (Å²) >= 11 is 7.40. The first kappa shape index (κ1) is 14.3. The first-order valence-electron chi connectivity index (χ1n) is 6.07. The van der Waals surface area contributed by atoms with E-state index in [0.717, 1.165) is 22.0 Å². The molecule has 0 fully saturated rings. The van der Waals surface area contributed by atoms with Crippen molar-refractivity contribution in [3.63, 3.8) is 0 Å². The fraction of sp³-hybridized carbons (Fsp3) is 0.267. The number of hydrogen-bond acceptors (Lipinski definition) is 3. The molecule has 0 bridgehead atoms. The summed E-state index contributed by atoms with van der Waals surface area (Å²) in [6.45, 7) is 3.19. The summed E-state index contributed by atoms with van der Waals surface area (Å²) in [5, 5.41) is 0.733. The number of likely N-dealkylation sites (N-methyl/N-ethyl adjacent to an activating group) is 1. The fourth-order valence-corrected chi connectivity index (χ4v) is 2.79. The maximum absolute atomic E-state index is 12.1. The van der Waals surface area contributed by atoms with Crippen molar-refractivity contribution in [1.29, 1.82) is 0 Å². The van der Waals surface area contributed by atoms with Gasteiger partial charge in [0.25, 0.3) is 0 Å². The largest absolute Gasteiger partial charge is 0.295 e. The Bertz CT molecular complexity index is 562. The second kappa shape index (κ2) is 6.33. The quantitative estimate of drug-likeness (QED) is 0.776. The van der Waals surface area contributed by atoms with Crippen LogP contribution in [0.25, 0.3) is 0 Å². The van der Waals surface area contributed by atoms with E-state index in [1.54, 1.807) is 11.3 Å². The van der Waals surface area contributed by atoms with Gasteiger partial charge in [-0.15, -0.1) is 11.3 Å². The molecule has 0 spiro atoms. The number of benzene rings is 1. The lowest BCUT2D eigenvalue weighted by molar-refractivity contribution is 0.0947. The normalized spacial score (nSPS) is 10.9. The van der Waals surface area contributed by atoms with Gasteiger partial charge in [0.15, 0.2) is 5.78 Å². The molecule has 0 aliphatic carbocycles. The third-order valence-corrected chi connectivity index (χ3v) is 4.09. The van der Waals surface area contributed by atoms with Crippen LogP contribution >= 0.6 is 22.9 Å². The van der Waals surface area contributed by atoms with Gasteiger partial charge in [-0.2, -0.15) is 0 Å². The SMILES string of the molecule is Cc1ccc(C(=O)CN(C)Cc2ccc(Cl)cc2)s1. The minimum atomic E-state index is 0.176. The molecular weight excluding hydrogens is 278 g/mol. The number of rotatable bonds is 5. The molecule has 0 saturated heterocycles. The lowest BCUT2D eigenvalue weighted by Gasteiger charge is -2.15. The number of nitrogens with zero attached hydrogens (tertiary/aromatic N) is 1. The predicted octanol–water partition coefficient (Wildman–Crippen LogP) is 4.02. The van der Waals surface area contributed by atoms with Crippen molar-refractivity contribution in [3.05, 3.63) is 56.7 Å². The van der Waals surface area contributed by atoms with Crippen molar-refractivity contribution in [2.75, 3.05) is 13.6 Å². The zero-order valence-electron chi connectivity index (χ0n) is 11.0. The smallest absolute Gasteiger partial charge is 0.186 e. The van der Waals surface area contributed by atoms with Crippen molar-refractivity contribution in [1.82, 2.24) is 4.90 Å². The molecule has 0 radical (unpaired) electrons. The van der Waals surface area contributed by atoms with Crippen LogP contribution < -0.4 is 0 Å². The summed E-state index contributed by atoms with van der Waals surface area (Å²) in [6, 6.07) is 11.6. The van der Waals surface area contributed by atoms with E-state index < -0.39 is 0 Å². The second-order valence-corrected chi connectivity index (χ2v) is 6.36. The summed E-state index contributed by atoms with van der Waals surface area (Å²) in [5.74, 6) is 0.176. The molecule has 0 aliphatic heterocycles. The van der Waals surface area contributed by atoms with E-state index in [-0.39, 0.29) is 5.78 Å². The van der Waals surface area contributed by atoms with Gasteiger partial charge in [-0.1, -0.05) is 23.7 Å². The van der Waals surface area contributed by atoms with Crippen LogP contribution in [-0.2, 0) is 6.54 Å². The second-order valence-electron chi connectivity index (χ2n) is 4.63. The highest BCUT2D eigenvalue weighted by Gasteiger charge is 2.11. The Kier molecular flexibility index (Phi) is 4.75. The van der Waals surface area contributed by atoms with E-state index in [2.05, 4.69) is 0 Å². The van der Waals surface area contributed by atoms with E-state index in [1.165, 1.54) is 4.88 Å². The fourth-order valence-electron chi connectivity index (χ4n) is 1.86. The maximum atomic E-state index is 12.1. The van der Waals surface area contributed by atoms with E-state index in [9.17, 15) is 4.79 Å². The predicted molar refractivity (Wildman–Crippen MR) is 81.2 cm³/mol. The van der Waals surface area contributed by atoms with Crippen molar-refractivity contribution in [2.24, 2.45) is 0 Å². The van der Waals surface area contributed by atoms with Crippen molar-refractivity contribution in [3.8, 4) is 0 Å². The maximum Gasteiger partial charge on any atom is 0.186 e. The molecule has 100 valence electrons. The summed E-state index contributed by atoms with van der Waals surface area (Å²) in [7, 11) is 1.95. The summed E-state index contributed by atoms with van der Waals surface area (Å²) in [6.07, 6.45) is 0. The van der Waals surface area contributed by atoms with Gasteiger partial charge in [-0.3, -0.25) is 9.69 Å². The third-order valence-electron chi connectivity index (χ3n) is 2.79. The first-order valence-corrected chi connectivity index (χ1v) is 7.26. The summed E-state index contributed by atoms with van der Waals surface area (Å²) in [4.78, 5) is 16.1. The van der Waals surface area contributed by atoms with Crippen LogP contribution in [0.1, 0.15) is 20.1 Å². The van der Waals surface area contributed by atoms with Crippen LogP contribution in [0.2, 0.25) is 5.02 Å². The molecule has 0 N–H and O–H groups in total. The molecule has 0 atom stereocenters. The van der Waals surface area contributed by atoms with Gasteiger partial charge in [0.1, 0.15) is 0 Å². The van der Waals surface area contributed by atoms with Crippen LogP contribution in [0.4, 0.5) is 0 Å². The summed E-state index contributed by atoms with van der Waals surface area (Å²) in [5.41, 5.74) is 1.15. The number of halogens is 1. The zero-order chi connectivity index (χ0) is 13.8. The van der Waals surface area contributed by atoms with Gasteiger partial charge in [0.2, 0.25) is 0 Å². The van der Waals surface area contributed by atoms with Crippen molar-refractivity contribution >= 4 is 28.7 Å². The molecule has 1 aromatic heterocycles. The third kappa shape index (κ3) is 4.16. The van der Waals surface area contributed by atoms with E-state index >= 15 is 0 Å². The number of carbonyl (C=O) groups is 1. The molecule has 0 unspecified atom stereocenters. The monoisotopic (exact) mass is 293 g/mol. The van der Waals surface area contributed by atoms with Crippen LogP contribution in [0, 0.1) is 6.92 Å². The lowest BCUT2D eigenvalue weighted by atomic mass is 10.2. The van der Waals surface area contributed by atoms with E-state index in [4.69, 9.17) is 11.6 Å². The lowest BCUT2D eigenvalue weighted by Crippen LogP contribution is -2.25. The average Bonchev–Trinajstić information content (AvgIpc) is 2.79. The van der Waals surface area contributed by atoms with Crippen LogP contribution in [0.3, 0.4) is 0 Å². The first-order chi connectivity index (χ1) is 9.04. The molecule has 2 nitrogen and oxygen atoms in total. The molecule has 4 heteroatoms. The Morgan fingerprint density at radius 1 is 1.21 bits per heavy atom. The Labute approximate surface area is 122 Å². The molecular formula is C15H16ClNOS. The van der Waals surface area contributed by atoms with Crippen LogP contribution in [-0.4, -0.2) is 24.3 Å². The Morgan fingerprint density at radius 2 is 1.89 bits per heavy atom. The number of ketones is 1. The highest BCUT2D eigenvalue weighted by atomic mass is 35.5. The van der Waals surface area contributed by atoms with Gasteiger partial charge in [0, 0.05) is 16.4 Å². The number of aryl methyl sites for hydroxylation is 1. The Balaban J connectivity index is 1.92. The van der Waals surface area contributed by atoms with E-state index in [1.807, 2.05) is 55.3 Å². The minimum Gasteiger partial charge on any atom is -0.295 e. The van der Waals surface area contributed by atoms with Gasteiger partial charge in [-0.25, -0.2) is 0 Å². The molecule has 0 amide bonds. The van der Waals surface area contributed by atoms with Crippen molar-refractivity contribution in [2.45, 2.75) is 13.5 Å². The van der Waals surface area contributed by atoms with Crippen molar-refractivity contribution < 1.29 is 4.79 Å². The zero-order valence-corrected chi connectivity index (χ0v) is 12.6. The molecule has 2 aromatic rings. The number of thiophene rings is 1. The molecule has 19 heavy (non-hydrogen) atoms. The number of carbonyl (C=O) groups excluding carboxylic acids is 1. The summed E-state index contributed by atoms with van der Waals surface area (Å²) < 4.78 is 0. The Hall–Kier alpha value is -1.16. The minimum absolute atomic E-state index is 0.176. The average molecular weight is 294 g/mol.